The van der Waals surface area contributed by atoms with Gasteiger partial charge in [-0.3, -0.25) is 0 Å². The number of rotatable bonds is 5. The lowest BCUT2D eigenvalue weighted by molar-refractivity contribution is 0.240. The lowest BCUT2D eigenvalue weighted by atomic mass is 9.84. The summed E-state index contributed by atoms with van der Waals surface area (Å²) in [5, 5.41) is 3.81. The molecule has 0 amide bonds. The Kier molecular flexibility index (Phi) is 5.38. The third-order valence-corrected chi connectivity index (χ3v) is 3.98. The monoisotopic (exact) mass is 209 g/mol. The molecule has 15 heavy (non-hydrogen) atoms. The van der Waals surface area contributed by atoms with Crippen molar-refractivity contribution >= 4 is 0 Å². The van der Waals surface area contributed by atoms with Crippen LogP contribution in [0.15, 0.2) is 12.7 Å². The van der Waals surface area contributed by atoms with E-state index in [0.717, 1.165) is 18.4 Å². The summed E-state index contributed by atoms with van der Waals surface area (Å²) in [7, 11) is 0. The van der Waals surface area contributed by atoms with Crippen molar-refractivity contribution in [1.29, 1.82) is 0 Å². The number of allylic oxidation sites excluding steroid dienone is 1. The van der Waals surface area contributed by atoms with Crippen molar-refractivity contribution in [3.8, 4) is 0 Å². The van der Waals surface area contributed by atoms with Gasteiger partial charge in [0.1, 0.15) is 0 Å². The van der Waals surface area contributed by atoms with Crippen LogP contribution in [0.3, 0.4) is 0 Å². The van der Waals surface area contributed by atoms with Crippen molar-refractivity contribution in [3.63, 3.8) is 0 Å². The molecule has 0 heterocycles. The Hall–Kier alpha value is -0.300. The van der Waals surface area contributed by atoms with Crippen molar-refractivity contribution in [2.45, 2.75) is 65.0 Å². The van der Waals surface area contributed by atoms with Gasteiger partial charge in [-0.1, -0.05) is 32.8 Å². The average Bonchev–Trinajstić information content (AvgIpc) is 2.21. The van der Waals surface area contributed by atoms with E-state index in [0.29, 0.717) is 12.0 Å². The molecular weight excluding hydrogens is 182 g/mol. The summed E-state index contributed by atoms with van der Waals surface area (Å²) < 4.78 is 0. The van der Waals surface area contributed by atoms with Gasteiger partial charge in [0, 0.05) is 12.1 Å². The first-order valence-corrected chi connectivity index (χ1v) is 6.52. The van der Waals surface area contributed by atoms with Crippen molar-refractivity contribution in [3.05, 3.63) is 12.7 Å². The molecule has 0 radical (unpaired) electrons. The molecule has 0 aromatic carbocycles. The molecule has 0 bridgehead atoms. The topological polar surface area (TPSA) is 12.0 Å². The van der Waals surface area contributed by atoms with Crippen LogP contribution >= 0.6 is 0 Å². The van der Waals surface area contributed by atoms with Gasteiger partial charge in [0.25, 0.3) is 0 Å². The van der Waals surface area contributed by atoms with Crippen molar-refractivity contribution in [2.24, 2.45) is 11.8 Å². The molecule has 0 aromatic heterocycles. The van der Waals surface area contributed by atoms with E-state index in [1.54, 1.807) is 0 Å². The van der Waals surface area contributed by atoms with Gasteiger partial charge in [0.2, 0.25) is 0 Å². The molecule has 1 rings (SSSR count). The summed E-state index contributed by atoms with van der Waals surface area (Å²) in [6, 6.07) is 1.37. The quantitative estimate of drug-likeness (QED) is 0.680. The molecule has 1 saturated carbocycles. The molecule has 0 saturated heterocycles. The second kappa shape index (κ2) is 6.32. The molecule has 1 heteroatoms. The highest BCUT2D eigenvalue weighted by atomic mass is 15.0. The van der Waals surface area contributed by atoms with Crippen LogP contribution in [0.2, 0.25) is 0 Å². The van der Waals surface area contributed by atoms with E-state index >= 15 is 0 Å². The Labute approximate surface area is 95.3 Å². The first-order valence-electron chi connectivity index (χ1n) is 6.52. The van der Waals surface area contributed by atoms with Crippen LogP contribution < -0.4 is 5.32 Å². The Morgan fingerprint density at radius 2 is 2.00 bits per heavy atom. The first kappa shape index (κ1) is 12.8. The standard InChI is InChI=1S/C14H27N/c1-5-8-11(2)13(4)15-14-10-7-6-9-12(14)3/h5,11-15H,1,6-10H2,2-4H3. The first-order chi connectivity index (χ1) is 7.15. The average molecular weight is 209 g/mol. The SMILES string of the molecule is C=CCC(C)C(C)NC1CCCCC1C. The van der Waals surface area contributed by atoms with Crippen LogP contribution in [0, 0.1) is 11.8 Å². The van der Waals surface area contributed by atoms with E-state index in [2.05, 4.69) is 32.7 Å². The van der Waals surface area contributed by atoms with E-state index in [1.165, 1.54) is 25.7 Å². The molecule has 0 spiro atoms. The second-order valence-electron chi connectivity index (χ2n) is 5.33. The Morgan fingerprint density at radius 3 is 2.60 bits per heavy atom. The summed E-state index contributed by atoms with van der Waals surface area (Å²) in [6.07, 6.45) is 8.76. The molecule has 4 unspecified atom stereocenters. The van der Waals surface area contributed by atoms with Gasteiger partial charge in [-0.15, -0.1) is 6.58 Å². The molecule has 1 fully saturated rings. The minimum absolute atomic E-state index is 0.619. The Balaban J connectivity index is 2.35. The lowest BCUT2D eigenvalue weighted by Crippen LogP contribution is -2.44. The fourth-order valence-electron chi connectivity index (χ4n) is 2.53. The zero-order valence-corrected chi connectivity index (χ0v) is 10.6. The van der Waals surface area contributed by atoms with E-state index in [1.807, 2.05) is 6.08 Å². The third kappa shape index (κ3) is 3.98. The fraction of sp³-hybridized carbons (Fsp3) is 0.857. The Bertz CT molecular complexity index is 188. The highest BCUT2D eigenvalue weighted by Crippen LogP contribution is 2.25. The molecular formula is C14H27N. The van der Waals surface area contributed by atoms with Crippen LogP contribution in [0.5, 0.6) is 0 Å². The summed E-state index contributed by atoms with van der Waals surface area (Å²) in [6.45, 7) is 10.8. The summed E-state index contributed by atoms with van der Waals surface area (Å²) in [5.74, 6) is 1.56. The van der Waals surface area contributed by atoms with Crippen molar-refractivity contribution < 1.29 is 0 Å². The molecule has 0 aliphatic heterocycles. The van der Waals surface area contributed by atoms with E-state index in [9.17, 15) is 0 Å². The van der Waals surface area contributed by atoms with Crippen LogP contribution in [0.4, 0.5) is 0 Å². The summed E-state index contributed by atoms with van der Waals surface area (Å²) >= 11 is 0. The van der Waals surface area contributed by atoms with E-state index < -0.39 is 0 Å². The van der Waals surface area contributed by atoms with Gasteiger partial charge in [-0.25, -0.2) is 0 Å². The molecule has 4 atom stereocenters. The maximum absolute atomic E-state index is 3.82. The largest absolute Gasteiger partial charge is 0.311 e. The van der Waals surface area contributed by atoms with Gasteiger partial charge in [0.05, 0.1) is 0 Å². The molecule has 88 valence electrons. The van der Waals surface area contributed by atoms with Crippen LogP contribution in [-0.4, -0.2) is 12.1 Å². The smallest absolute Gasteiger partial charge is 0.00952 e. The Morgan fingerprint density at radius 1 is 1.33 bits per heavy atom. The van der Waals surface area contributed by atoms with Crippen molar-refractivity contribution in [1.82, 2.24) is 5.32 Å². The highest BCUT2D eigenvalue weighted by Gasteiger charge is 2.23. The summed E-state index contributed by atoms with van der Waals surface area (Å²) in [5.41, 5.74) is 0. The number of nitrogens with one attached hydrogen (secondary N) is 1. The number of hydrogen-bond acceptors (Lipinski definition) is 1. The molecule has 0 aromatic rings. The molecule has 1 nitrogen and oxygen atoms in total. The molecule has 1 aliphatic carbocycles. The van der Waals surface area contributed by atoms with Gasteiger partial charge < -0.3 is 5.32 Å². The van der Waals surface area contributed by atoms with Crippen LogP contribution in [-0.2, 0) is 0 Å². The normalized spacial score (nSPS) is 30.9. The van der Waals surface area contributed by atoms with Gasteiger partial charge in [-0.05, 0) is 38.0 Å². The van der Waals surface area contributed by atoms with Crippen LogP contribution in [0.25, 0.3) is 0 Å². The summed E-state index contributed by atoms with van der Waals surface area (Å²) in [4.78, 5) is 0. The lowest BCUT2D eigenvalue weighted by Gasteiger charge is -2.34. The van der Waals surface area contributed by atoms with Gasteiger partial charge in [-0.2, -0.15) is 0 Å². The van der Waals surface area contributed by atoms with E-state index in [-0.39, 0.29) is 0 Å². The minimum atomic E-state index is 0.619. The predicted molar refractivity (Wildman–Crippen MR) is 68.0 cm³/mol. The minimum Gasteiger partial charge on any atom is -0.311 e. The molecule has 1 N–H and O–H groups in total. The second-order valence-corrected chi connectivity index (χ2v) is 5.33. The zero-order chi connectivity index (χ0) is 11.3. The third-order valence-electron chi connectivity index (χ3n) is 3.98. The fourth-order valence-corrected chi connectivity index (χ4v) is 2.53. The predicted octanol–water partition coefficient (Wildman–Crippen LogP) is 3.76. The number of hydrogen-bond donors (Lipinski definition) is 1. The molecule has 1 aliphatic rings. The van der Waals surface area contributed by atoms with Gasteiger partial charge in [0.15, 0.2) is 0 Å². The van der Waals surface area contributed by atoms with Crippen LogP contribution in [0.1, 0.15) is 52.9 Å². The maximum atomic E-state index is 3.82. The van der Waals surface area contributed by atoms with Crippen molar-refractivity contribution in [2.75, 3.05) is 0 Å². The van der Waals surface area contributed by atoms with E-state index in [4.69, 9.17) is 0 Å². The zero-order valence-electron chi connectivity index (χ0n) is 10.6. The maximum Gasteiger partial charge on any atom is 0.00952 e. The van der Waals surface area contributed by atoms with Gasteiger partial charge >= 0.3 is 0 Å². The highest BCUT2D eigenvalue weighted by molar-refractivity contribution is 4.84.